The Hall–Kier alpha value is -4.01. The Bertz CT molecular complexity index is 1900. The average molecular weight is 894 g/mol. The van der Waals surface area contributed by atoms with Crippen molar-refractivity contribution in [3.8, 4) is 0 Å². The van der Waals surface area contributed by atoms with E-state index in [1.165, 1.54) is 58.0 Å². The zero-order valence-electron chi connectivity index (χ0n) is 31.8. The predicted octanol–water partition coefficient (Wildman–Crippen LogP) is 12.5. The van der Waals surface area contributed by atoms with Crippen molar-refractivity contribution in [2.75, 3.05) is 7.05 Å². The first-order chi connectivity index (χ1) is 27.3. The summed E-state index contributed by atoms with van der Waals surface area (Å²) in [6.45, 7) is 0. The van der Waals surface area contributed by atoms with Crippen LogP contribution in [0.1, 0.15) is 49.0 Å². The molecule has 0 bridgehead atoms. The fraction of sp³-hybridized carbons (Fsp3) is 0.149. The molecule has 57 heavy (non-hydrogen) atoms. The van der Waals surface area contributed by atoms with E-state index in [1.807, 2.05) is 0 Å². The predicted molar refractivity (Wildman–Crippen MR) is 232 cm³/mol. The van der Waals surface area contributed by atoms with Gasteiger partial charge < -0.3 is 21.8 Å². The Morgan fingerprint density at radius 3 is 1.07 bits per heavy atom. The molecule has 2 atom stereocenters. The summed E-state index contributed by atoms with van der Waals surface area (Å²) < 4.78 is 49.1. The van der Waals surface area contributed by atoms with Gasteiger partial charge in [-0.1, -0.05) is 206 Å². The van der Waals surface area contributed by atoms with Crippen LogP contribution in [0.3, 0.4) is 0 Å². The number of rotatable bonds is 11. The van der Waals surface area contributed by atoms with Gasteiger partial charge in [0.2, 0.25) is 0 Å². The molecule has 0 fully saturated rings. The third-order valence-corrected chi connectivity index (χ3v) is 13.2. The van der Waals surface area contributed by atoms with E-state index >= 15 is 0 Å². The Balaban J connectivity index is 0.000000440. The van der Waals surface area contributed by atoms with Crippen LogP contribution in [-0.4, -0.2) is 19.0 Å². The average Bonchev–Trinajstić information content (AvgIpc) is 3.21. The molecule has 1 aliphatic rings. The monoisotopic (exact) mass is 893 g/mol. The quantitative estimate of drug-likeness (QED) is 0.0556. The van der Waals surface area contributed by atoms with Gasteiger partial charge in [-0.3, -0.25) is 4.67 Å². The Morgan fingerprint density at radius 2 is 0.737 bits per heavy atom. The van der Waals surface area contributed by atoms with Crippen molar-refractivity contribution < 1.29 is 41.3 Å². The van der Waals surface area contributed by atoms with Crippen molar-refractivity contribution in [2.45, 2.75) is 37.8 Å². The Kier molecular flexibility index (Phi) is 19.8. The van der Waals surface area contributed by atoms with Crippen molar-refractivity contribution in [1.82, 2.24) is 4.67 Å². The summed E-state index contributed by atoms with van der Waals surface area (Å²) >= 11 is 0. The largest absolute Gasteiger partial charge is 0.673 e. The maximum Gasteiger partial charge on any atom is 0.673 e. The second-order valence-electron chi connectivity index (χ2n) is 12.9. The van der Waals surface area contributed by atoms with Gasteiger partial charge in [0.25, 0.3) is 0 Å². The van der Waals surface area contributed by atoms with Crippen molar-refractivity contribution in [2.24, 2.45) is 0 Å². The molecule has 1 radical (unpaired) electrons. The number of benzene rings is 6. The third kappa shape index (κ3) is 15.4. The zero-order valence-corrected chi connectivity index (χ0v) is 35.2. The van der Waals surface area contributed by atoms with Crippen molar-refractivity contribution in [3.05, 3.63) is 217 Å². The number of hydrogen-bond donors (Lipinski definition) is 0. The van der Waals surface area contributed by atoms with E-state index in [2.05, 4.69) is 218 Å². The minimum Gasteiger partial charge on any atom is -0.418 e. The van der Waals surface area contributed by atoms with Crippen LogP contribution in [0.4, 0.5) is 17.3 Å². The summed E-state index contributed by atoms with van der Waals surface area (Å²) in [5.74, 6) is 0. The van der Waals surface area contributed by atoms with E-state index < -0.39 is 23.5 Å². The second-order valence-corrected chi connectivity index (χ2v) is 17.0. The summed E-state index contributed by atoms with van der Waals surface area (Å²) in [7, 11) is -5.71. The normalized spacial score (nSPS) is 14.7. The number of likely N-dealkylation sites (N-methyl/N-ethyl adjacent to an activating group) is 1. The van der Waals surface area contributed by atoms with Crippen LogP contribution >= 0.6 is 16.2 Å². The van der Waals surface area contributed by atoms with Crippen molar-refractivity contribution >= 4 is 44.7 Å². The van der Waals surface area contributed by atoms with E-state index in [0.717, 1.165) is 0 Å². The molecule has 0 spiro atoms. The molecule has 7 rings (SSSR count). The van der Waals surface area contributed by atoms with Gasteiger partial charge in [-0.15, -0.1) is 0 Å². The standard InChI is InChI=1S/C39H35NOP2.C8H12.BF4.Rh/c1-40(42(34-24-12-4-13-25-34)35-26-14-5-15-27-35)38(32-20-8-2-9-21-32)39(33-22-10-3-11-23-33)41-43(36-28-16-6-17-29-36)37-30-18-7-19-31-37;1-2-4-6-8-7-5-3-1;2-1(3,4)5;/h2-31,38-39H,1H3;1-2,7-8H,3-6H2;;/q;;-1;/b;2-1-,8-7-;;/t38-,39+;;;/m1.../s1. The Labute approximate surface area is 351 Å². The molecular formula is C47H47BF4NOP2Rh-. The SMILES string of the molecule is C1=C\CC/C=C\CC/1.CN([C@H](c1ccccc1)[C@@H](OP(c1ccccc1)c1ccccc1)c1ccccc1)P(c1ccccc1)c1ccccc1.F[B-](F)(F)F.[Rh]. The van der Waals surface area contributed by atoms with Gasteiger partial charge in [-0.25, -0.2) is 0 Å². The maximum atomic E-state index is 9.75. The number of hydrogen-bond acceptors (Lipinski definition) is 2. The molecular weight excluding hydrogens is 846 g/mol. The molecule has 0 saturated carbocycles. The smallest absolute Gasteiger partial charge is 0.418 e. The zero-order chi connectivity index (χ0) is 39.4. The molecule has 2 nitrogen and oxygen atoms in total. The van der Waals surface area contributed by atoms with Crippen LogP contribution in [0.5, 0.6) is 0 Å². The van der Waals surface area contributed by atoms with E-state index in [-0.39, 0.29) is 31.6 Å². The minimum absolute atomic E-state index is 0. The van der Waals surface area contributed by atoms with Gasteiger partial charge in [-0.05, 0) is 54.5 Å². The molecule has 297 valence electrons. The third-order valence-electron chi connectivity index (χ3n) is 8.81. The first kappa shape index (κ1) is 45.7. The molecule has 0 amide bonds. The van der Waals surface area contributed by atoms with Gasteiger partial charge in [-0.2, -0.15) is 0 Å². The number of nitrogens with zero attached hydrogens (tertiary/aromatic N) is 1. The number of allylic oxidation sites excluding steroid dienone is 4. The first-order valence-electron chi connectivity index (χ1n) is 18.8. The molecule has 0 unspecified atom stereocenters. The van der Waals surface area contributed by atoms with Crippen LogP contribution in [0.15, 0.2) is 206 Å². The summed E-state index contributed by atoms with van der Waals surface area (Å²) in [4.78, 5) is 0. The van der Waals surface area contributed by atoms with Crippen LogP contribution in [0, 0.1) is 0 Å². The summed E-state index contributed by atoms with van der Waals surface area (Å²) in [5, 5.41) is 5.03. The van der Waals surface area contributed by atoms with Gasteiger partial charge in [0, 0.05) is 38.2 Å². The topological polar surface area (TPSA) is 12.5 Å². The molecule has 0 saturated heterocycles. The molecule has 0 N–H and O–H groups in total. The van der Waals surface area contributed by atoms with E-state index in [1.54, 1.807) is 0 Å². The van der Waals surface area contributed by atoms with Crippen LogP contribution in [-0.2, 0) is 24.0 Å². The fourth-order valence-electron chi connectivity index (χ4n) is 6.32. The molecule has 6 aromatic rings. The first-order valence-corrected chi connectivity index (χ1v) is 21.3. The van der Waals surface area contributed by atoms with Gasteiger partial charge in [0.1, 0.15) is 6.10 Å². The van der Waals surface area contributed by atoms with E-state index in [9.17, 15) is 17.3 Å². The molecule has 1 aliphatic carbocycles. The molecule has 6 aromatic carbocycles. The Morgan fingerprint density at radius 1 is 0.456 bits per heavy atom. The fourth-order valence-corrected chi connectivity index (χ4v) is 10.7. The van der Waals surface area contributed by atoms with Gasteiger partial charge in [0.15, 0.2) is 0 Å². The van der Waals surface area contributed by atoms with Crippen molar-refractivity contribution in [1.29, 1.82) is 0 Å². The number of halogens is 4. The van der Waals surface area contributed by atoms with Gasteiger partial charge >= 0.3 is 7.25 Å². The van der Waals surface area contributed by atoms with Crippen LogP contribution < -0.4 is 21.2 Å². The molecule has 0 aromatic heterocycles. The van der Waals surface area contributed by atoms with Gasteiger partial charge in [0.05, 0.1) is 14.2 Å². The molecule has 0 heterocycles. The summed E-state index contributed by atoms with van der Waals surface area (Å²) in [6, 6.07) is 64.8. The minimum atomic E-state index is -6.00. The second kappa shape index (κ2) is 24.7. The van der Waals surface area contributed by atoms with E-state index in [0.29, 0.717) is 0 Å². The maximum absolute atomic E-state index is 9.75. The summed E-state index contributed by atoms with van der Waals surface area (Å²) in [6.07, 6.45) is 13.8. The van der Waals surface area contributed by atoms with E-state index in [4.69, 9.17) is 4.52 Å². The van der Waals surface area contributed by atoms with Crippen LogP contribution in [0.25, 0.3) is 0 Å². The molecule has 10 heteroatoms. The van der Waals surface area contributed by atoms with Crippen molar-refractivity contribution in [3.63, 3.8) is 0 Å². The molecule has 0 aliphatic heterocycles. The van der Waals surface area contributed by atoms with Crippen LogP contribution in [0.2, 0.25) is 0 Å². The summed E-state index contributed by atoms with van der Waals surface area (Å²) in [5.41, 5.74) is 2.40.